The first-order valence-corrected chi connectivity index (χ1v) is 12.3. The molecule has 1 aliphatic carbocycles. The predicted octanol–water partition coefficient (Wildman–Crippen LogP) is 2.92. The summed E-state index contributed by atoms with van der Waals surface area (Å²) >= 11 is 0. The van der Waals surface area contributed by atoms with E-state index in [1.54, 1.807) is 0 Å². The number of pyridine rings is 1. The van der Waals surface area contributed by atoms with Crippen molar-refractivity contribution in [2.45, 2.75) is 70.9 Å². The van der Waals surface area contributed by atoms with Crippen molar-refractivity contribution in [3.8, 4) is 0 Å². The minimum atomic E-state index is 0.255. The van der Waals surface area contributed by atoms with Crippen LogP contribution in [-0.2, 0) is 11.3 Å². The van der Waals surface area contributed by atoms with Gasteiger partial charge in [0.05, 0.1) is 6.54 Å². The topological polar surface area (TPSA) is 72.9 Å². The molecule has 7 heteroatoms. The molecule has 1 unspecified atom stereocenters. The molecule has 2 saturated heterocycles. The number of carbonyl (C=O) groups excluding carboxylic acids is 1. The quantitative estimate of drug-likeness (QED) is 0.541. The van der Waals surface area contributed by atoms with Crippen LogP contribution in [0.15, 0.2) is 23.3 Å². The fourth-order valence-corrected chi connectivity index (χ4v) is 5.05. The zero-order valence-electron chi connectivity index (χ0n) is 19.0. The highest BCUT2D eigenvalue weighted by Gasteiger charge is 2.31. The first-order valence-electron chi connectivity index (χ1n) is 12.3. The molecule has 170 valence electrons. The van der Waals surface area contributed by atoms with Gasteiger partial charge in [0, 0.05) is 50.9 Å². The minimum Gasteiger partial charge on any atom is -0.357 e. The molecular weight excluding hydrogens is 388 g/mol. The van der Waals surface area contributed by atoms with Gasteiger partial charge in [-0.1, -0.05) is 19.3 Å². The van der Waals surface area contributed by atoms with Crippen LogP contribution in [0, 0.1) is 5.92 Å². The van der Waals surface area contributed by atoms with Crippen molar-refractivity contribution in [1.82, 2.24) is 20.5 Å². The lowest BCUT2D eigenvalue weighted by atomic mass is 9.88. The zero-order valence-corrected chi connectivity index (χ0v) is 19.0. The Bertz CT molecular complexity index is 754. The summed E-state index contributed by atoms with van der Waals surface area (Å²) in [5.74, 6) is 2.53. The first kappa shape index (κ1) is 21.9. The smallest absolute Gasteiger partial charge is 0.225 e. The lowest BCUT2D eigenvalue weighted by Gasteiger charge is -2.26. The average Bonchev–Trinajstić information content (AvgIpc) is 3.51. The Morgan fingerprint density at radius 3 is 2.71 bits per heavy atom. The number of aliphatic imine (C=N–C) groups is 1. The second-order valence-corrected chi connectivity index (χ2v) is 9.16. The Morgan fingerprint density at radius 2 is 1.94 bits per heavy atom. The van der Waals surface area contributed by atoms with E-state index in [-0.39, 0.29) is 12.0 Å². The number of nitrogens with zero attached hydrogens (tertiary/aromatic N) is 4. The SMILES string of the molecule is CCNC(=NCc1ccnc(N2CCCC2)c1)NC1CCN(C(=O)C2CCCCC2)C1. The van der Waals surface area contributed by atoms with Crippen LogP contribution in [-0.4, -0.2) is 60.5 Å². The van der Waals surface area contributed by atoms with Crippen LogP contribution in [0.5, 0.6) is 0 Å². The molecule has 1 aromatic rings. The number of guanidine groups is 1. The Hall–Kier alpha value is -2.31. The largest absolute Gasteiger partial charge is 0.357 e. The third-order valence-corrected chi connectivity index (χ3v) is 6.80. The molecular formula is C24H38N6O. The summed E-state index contributed by atoms with van der Waals surface area (Å²) in [5, 5.41) is 6.93. The van der Waals surface area contributed by atoms with E-state index in [1.165, 1.54) is 37.7 Å². The number of rotatable bonds is 6. The molecule has 0 radical (unpaired) electrons. The molecule has 0 aromatic carbocycles. The highest BCUT2D eigenvalue weighted by Crippen LogP contribution is 2.27. The Labute approximate surface area is 186 Å². The number of likely N-dealkylation sites (tertiary alicyclic amines) is 1. The van der Waals surface area contributed by atoms with Crippen molar-refractivity contribution in [3.63, 3.8) is 0 Å². The van der Waals surface area contributed by atoms with Crippen molar-refractivity contribution < 1.29 is 4.79 Å². The second kappa shape index (κ2) is 10.8. The molecule has 7 nitrogen and oxygen atoms in total. The lowest BCUT2D eigenvalue weighted by molar-refractivity contribution is -0.135. The van der Waals surface area contributed by atoms with Gasteiger partial charge in [-0.15, -0.1) is 0 Å². The monoisotopic (exact) mass is 426 g/mol. The van der Waals surface area contributed by atoms with Crippen LogP contribution in [0.2, 0.25) is 0 Å². The van der Waals surface area contributed by atoms with Gasteiger partial charge in [-0.25, -0.2) is 9.98 Å². The highest BCUT2D eigenvalue weighted by atomic mass is 16.2. The summed E-state index contributed by atoms with van der Waals surface area (Å²) in [6.07, 6.45) is 11.2. The van der Waals surface area contributed by atoms with E-state index < -0.39 is 0 Å². The van der Waals surface area contributed by atoms with E-state index >= 15 is 0 Å². The third kappa shape index (κ3) is 5.89. The summed E-state index contributed by atoms with van der Waals surface area (Å²) in [6, 6.07) is 4.48. The van der Waals surface area contributed by atoms with Gasteiger partial charge in [0.2, 0.25) is 5.91 Å². The molecule has 2 aliphatic heterocycles. The van der Waals surface area contributed by atoms with Gasteiger partial charge < -0.3 is 20.4 Å². The number of aromatic nitrogens is 1. The van der Waals surface area contributed by atoms with Crippen molar-refractivity contribution in [2.24, 2.45) is 10.9 Å². The maximum absolute atomic E-state index is 12.9. The number of carbonyl (C=O) groups is 1. The van der Waals surface area contributed by atoms with Crippen molar-refractivity contribution in [1.29, 1.82) is 0 Å². The molecule has 1 aromatic heterocycles. The fraction of sp³-hybridized carbons (Fsp3) is 0.708. The third-order valence-electron chi connectivity index (χ3n) is 6.80. The molecule has 3 aliphatic rings. The molecule has 1 amide bonds. The fourth-order valence-electron chi connectivity index (χ4n) is 5.05. The van der Waals surface area contributed by atoms with Gasteiger partial charge in [0.25, 0.3) is 0 Å². The van der Waals surface area contributed by atoms with Gasteiger partial charge in [-0.2, -0.15) is 0 Å². The molecule has 1 saturated carbocycles. The predicted molar refractivity (Wildman–Crippen MR) is 125 cm³/mol. The van der Waals surface area contributed by atoms with Crippen LogP contribution in [0.4, 0.5) is 5.82 Å². The van der Waals surface area contributed by atoms with Gasteiger partial charge in [-0.3, -0.25) is 4.79 Å². The standard InChI is InChI=1S/C24H38N6O/c1-2-25-24(27-17-19-10-12-26-22(16-19)29-13-6-7-14-29)28-21-11-15-30(18-21)23(31)20-8-4-3-5-9-20/h10,12,16,20-21H,2-9,11,13-15,17-18H2,1H3,(H2,25,27,28). The molecule has 3 heterocycles. The molecule has 31 heavy (non-hydrogen) atoms. The average molecular weight is 427 g/mol. The van der Waals surface area contributed by atoms with Crippen LogP contribution < -0.4 is 15.5 Å². The van der Waals surface area contributed by atoms with E-state index in [9.17, 15) is 4.79 Å². The summed E-state index contributed by atoms with van der Waals surface area (Å²) in [6.45, 7) is 7.37. The van der Waals surface area contributed by atoms with Crippen LogP contribution >= 0.6 is 0 Å². The van der Waals surface area contributed by atoms with E-state index in [0.717, 1.165) is 63.8 Å². The highest BCUT2D eigenvalue weighted by molar-refractivity contribution is 5.81. The number of hydrogen-bond donors (Lipinski definition) is 2. The number of amides is 1. The first-order chi connectivity index (χ1) is 15.2. The van der Waals surface area contributed by atoms with Crippen LogP contribution in [0.1, 0.15) is 63.9 Å². The Morgan fingerprint density at radius 1 is 1.13 bits per heavy atom. The van der Waals surface area contributed by atoms with Crippen molar-refractivity contribution in [2.75, 3.05) is 37.6 Å². The van der Waals surface area contributed by atoms with Crippen molar-refractivity contribution >= 4 is 17.7 Å². The maximum Gasteiger partial charge on any atom is 0.225 e. The van der Waals surface area contributed by atoms with Crippen LogP contribution in [0.3, 0.4) is 0 Å². The maximum atomic E-state index is 12.9. The van der Waals surface area contributed by atoms with E-state index in [4.69, 9.17) is 4.99 Å². The van der Waals surface area contributed by atoms with E-state index in [0.29, 0.717) is 12.5 Å². The molecule has 2 N–H and O–H groups in total. The van der Waals surface area contributed by atoms with Gasteiger partial charge in [0.15, 0.2) is 5.96 Å². The zero-order chi connectivity index (χ0) is 21.5. The number of anilines is 1. The summed E-state index contributed by atoms with van der Waals surface area (Å²) < 4.78 is 0. The molecule has 0 bridgehead atoms. The van der Waals surface area contributed by atoms with Gasteiger partial charge >= 0.3 is 0 Å². The minimum absolute atomic E-state index is 0.255. The van der Waals surface area contributed by atoms with Crippen molar-refractivity contribution in [3.05, 3.63) is 23.9 Å². The summed E-state index contributed by atoms with van der Waals surface area (Å²) in [4.78, 5) is 26.6. The molecule has 4 rings (SSSR count). The lowest BCUT2D eigenvalue weighted by Crippen LogP contribution is -2.45. The van der Waals surface area contributed by atoms with Crippen LogP contribution in [0.25, 0.3) is 0 Å². The van der Waals surface area contributed by atoms with Gasteiger partial charge in [-0.05, 0) is 56.7 Å². The Balaban J connectivity index is 1.32. The molecule has 3 fully saturated rings. The number of nitrogens with one attached hydrogen (secondary N) is 2. The summed E-state index contributed by atoms with van der Waals surface area (Å²) in [7, 11) is 0. The molecule has 0 spiro atoms. The van der Waals surface area contributed by atoms with E-state index in [2.05, 4.69) is 38.4 Å². The van der Waals surface area contributed by atoms with E-state index in [1.807, 2.05) is 12.3 Å². The number of hydrogen-bond acceptors (Lipinski definition) is 4. The summed E-state index contributed by atoms with van der Waals surface area (Å²) in [5.41, 5.74) is 1.18. The normalized spacial score (nSPS) is 22.7. The second-order valence-electron chi connectivity index (χ2n) is 9.16. The Kier molecular flexibility index (Phi) is 7.65. The van der Waals surface area contributed by atoms with Gasteiger partial charge in [0.1, 0.15) is 5.82 Å². The molecule has 1 atom stereocenters.